The fourth-order valence-electron chi connectivity index (χ4n) is 4.51. The van der Waals surface area contributed by atoms with E-state index >= 15 is 0 Å². The van der Waals surface area contributed by atoms with Crippen LogP contribution in [0.5, 0.6) is 0 Å². The minimum absolute atomic E-state index is 0.0213. The molecule has 1 N–H and O–H groups in total. The minimum atomic E-state index is -3.52. The Morgan fingerprint density at radius 3 is 2.44 bits per heavy atom. The van der Waals surface area contributed by atoms with E-state index in [0.717, 1.165) is 17.5 Å². The average molecular weight is 485 g/mol. The summed E-state index contributed by atoms with van der Waals surface area (Å²) in [6.07, 6.45) is 3.47. The summed E-state index contributed by atoms with van der Waals surface area (Å²) in [7, 11) is -1.44. The van der Waals surface area contributed by atoms with Crippen LogP contribution in [0.25, 0.3) is 6.08 Å². The number of hydrogen-bond acceptors (Lipinski definition) is 5. The lowest BCUT2D eigenvalue weighted by atomic mass is 9.81. The van der Waals surface area contributed by atoms with E-state index in [1.807, 2.05) is 30.3 Å². The highest BCUT2D eigenvalue weighted by Crippen LogP contribution is 2.31. The van der Waals surface area contributed by atoms with Gasteiger partial charge in [-0.3, -0.25) is 0 Å². The lowest BCUT2D eigenvalue weighted by Gasteiger charge is -2.41. The van der Waals surface area contributed by atoms with E-state index in [4.69, 9.17) is 4.74 Å². The van der Waals surface area contributed by atoms with Crippen molar-refractivity contribution in [3.8, 4) is 0 Å². The highest BCUT2D eigenvalue weighted by molar-refractivity contribution is 7.91. The summed E-state index contributed by atoms with van der Waals surface area (Å²) in [4.78, 5) is 15.1. The molecule has 0 bridgehead atoms. The monoisotopic (exact) mass is 484 g/mol. The average Bonchev–Trinajstić information content (AvgIpc) is 2.83. The number of benzene rings is 2. The third kappa shape index (κ3) is 6.93. The lowest BCUT2D eigenvalue weighted by molar-refractivity contribution is 0.100. The van der Waals surface area contributed by atoms with Crippen molar-refractivity contribution >= 4 is 22.0 Å². The van der Waals surface area contributed by atoms with Crippen molar-refractivity contribution in [1.82, 2.24) is 10.2 Å². The molecule has 7 heteroatoms. The van der Waals surface area contributed by atoms with Gasteiger partial charge in [0.05, 0.1) is 10.6 Å². The summed E-state index contributed by atoms with van der Waals surface area (Å²) >= 11 is 0. The van der Waals surface area contributed by atoms with Crippen LogP contribution >= 0.6 is 0 Å². The molecule has 0 spiro atoms. The number of nitrogens with zero attached hydrogens (tertiary/aromatic N) is 1. The zero-order valence-corrected chi connectivity index (χ0v) is 21.1. The second-order valence-electron chi connectivity index (χ2n) is 9.35. The largest absolute Gasteiger partial charge is 0.445 e. The Morgan fingerprint density at radius 1 is 1.15 bits per heavy atom. The summed E-state index contributed by atoms with van der Waals surface area (Å²) in [6.45, 7) is 8.17. The van der Waals surface area contributed by atoms with Crippen molar-refractivity contribution in [2.45, 2.75) is 62.7 Å². The number of carbonyl (C=O) groups is 1. The number of nitrogens with one attached hydrogen (secondary N) is 1. The second kappa shape index (κ2) is 11.7. The molecule has 184 valence electrons. The SMILES string of the molecule is C=Cc1ccc(S(=O)(=O)CC2CC(N(C)C(C)C)CCC2NC(=O)OCc2ccccc2)cc1. The van der Waals surface area contributed by atoms with Gasteiger partial charge in [0.25, 0.3) is 0 Å². The molecule has 3 atom stereocenters. The van der Waals surface area contributed by atoms with E-state index in [-0.39, 0.29) is 30.4 Å². The van der Waals surface area contributed by atoms with Crippen LogP contribution in [0.3, 0.4) is 0 Å². The van der Waals surface area contributed by atoms with Crippen LogP contribution in [0.4, 0.5) is 4.79 Å². The first-order chi connectivity index (χ1) is 16.2. The molecule has 2 aromatic rings. The Hall–Kier alpha value is -2.64. The first kappa shape index (κ1) is 26.0. The Bertz CT molecular complexity index is 1050. The fourth-order valence-corrected chi connectivity index (χ4v) is 6.19. The van der Waals surface area contributed by atoms with Crippen molar-refractivity contribution in [3.05, 3.63) is 72.3 Å². The number of rotatable bonds is 9. The van der Waals surface area contributed by atoms with Crippen molar-refractivity contribution < 1.29 is 17.9 Å². The molecular weight excluding hydrogens is 448 g/mol. The number of ether oxygens (including phenoxy) is 1. The molecule has 34 heavy (non-hydrogen) atoms. The molecule has 1 saturated carbocycles. The molecule has 3 unspecified atom stereocenters. The van der Waals surface area contributed by atoms with E-state index in [2.05, 4.69) is 37.7 Å². The van der Waals surface area contributed by atoms with Crippen molar-refractivity contribution in [2.75, 3.05) is 12.8 Å². The summed E-state index contributed by atoms with van der Waals surface area (Å²) in [5.74, 6) is -0.236. The van der Waals surface area contributed by atoms with Gasteiger partial charge in [0.1, 0.15) is 6.61 Å². The van der Waals surface area contributed by atoms with Gasteiger partial charge in [-0.15, -0.1) is 0 Å². The van der Waals surface area contributed by atoms with Crippen molar-refractivity contribution in [1.29, 1.82) is 0 Å². The lowest BCUT2D eigenvalue weighted by Crippen LogP contribution is -2.51. The van der Waals surface area contributed by atoms with Crippen LogP contribution in [-0.4, -0.2) is 50.3 Å². The van der Waals surface area contributed by atoms with Gasteiger partial charge < -0.3 is 15.0 Å². The Kier molecular flexibility index (Phi) is 8.91. The molecule has 0 saturated heterocycles. The highest BCUT2D eigenvalue weighted by Gasteiger charge is 2.37. The Labute approximate surface area is 203 Å². The molecular formula is C27H36N2O4S. The van der Waals surface area contributed by atoms with Gasteiger partial charge in [-0.2, -0.15) is 0 Å². The van der Waals surface area contributed by atoms with Crippen LogP contribution in [0.1, 0.15) is 44.2 Å². The fraction of sp³-hybridized carbons (Fsp3) is 0.444. The minimum Gasteiger partial charge on any atom is -0.445 e. The van der Waals surface area contributed by atoms with Crippen LogP contribution in [0, 0.1) is 5.92 Å². The molecule has 1 fully saturated rings. The topological polar surface area (TPSA) is 75.7 Å². The second-order valence-corrected chi connectivity index (χ2v) is 11.4. The molecule has 0 aliphatic heterocycles. The number of carbonyl (C=O) groups excluding carboxylic acids is 1. The molecule has 0 radical (unpaired) electrons. The normalized spacial score (nSPS) is 20.8. The molecule has 1 aliphatic carbocycles. The molecule has 2 aromatic carbocycles. The molecule has 3 rings (SSSR count). The Balaban J connectivity index is 1.72. The van der Waals surface area contributed by atoms with Gasteiger partial charge in [0.15, 0.2) is 9.84 Å². The van der Waals surface area contributed by atoms with Gasteiger partial charge in [0.2, 0.25) is 0 Å². The van der Waals surface area contributed by atoms with Crippen LogP contribution < -0.4 is 5.32 Å². The van der Waals surface area contributed by atoms with E-state index in [9.17, 15) is 13.2 Å². The number of hydrogen-bond donors (Lipinski definition) is 1. The van der Waals surface area contributed by atoms with Crippen molar-refractivity contribution in [2.24, 2.45) is 5.92 Å². The summed E-state index contributed by atoms with van der Waals surface area (Å²) in [5.41, 5.74) is 1.78. The van der Waals surface area contributed by atoms with Gasteiger partial charge in [0, 0.05) is 18.1 Å². The van der Waals surface area contributed by atoms with Crippen LogP contribution in [-0.2, 0) is 21.2 Å². The number of amides is 1. The third-order valence-corrected chi connectivity index (χ3v) is 8.63. The first-order valence-electron chi connectivity index (χ1n) is 11.8. The maximum atomic E-state index is 13.3. The molecule has 1 amide bonds. The summed E-state index contributed by atoms with van der Waals surface area (Å²) in [5, 5.41) is 2.96. The predicted octanol–water partition coefficient (Wildman–Crippen LogP) is 4.91. The number of alkyl carbamates (subject to hydrolysis) is 1. The van der Waals surface area contributed by atoms with E-state index < -0.39 is 15.9 Å². The van der Waals surface area contributed by atoms with Gasteiger partial charge in [-0.1, -0.05) is 55.1 Å². The van der Waals surface area contributed by atoms with Crippen LogP contribution in [0.15, 0.2) is 66.1 Å². The van der Waals surface area contributed by atoms with E-state index in [1.54, 1.807) is 30.3 Å². The van der Waals surface area contributed by atoms with E-state index in [1.165, 1.54) is 0 Å². The third-order valence-electron chi connectivity index (χ3n) is 6.77. The van der Waals surface area contributed by atoms with Crippen molar-refractivity contribution in [3.63, 3.8) is 0 Å². The summed E-state index contributed by atoms with van der Waals surface area (Å²) < 4.78 is 32.0. The zero-order chi connectivity index (χ0) is 24.7. The maximum absolute atomic E-state index is 13.3. The molecule has 1 aliphatic rings. The van der Waals surface area contributed by atoms with Gasteiger partial charge >= 0.3 is 6.09 Å². The molecule has 6 nitrogen and oxygen atoms in total. The predicted molar refractivity (Wildman–Crippen MR) is 136 cm³/mol. The molecule has 0 heterocycles. The van der Waals surface area contributed by atoms with Gasteiger partial charge in [-0.25, -0.2) is 13.2 Å². The Morgan fingerprint density at radius 2 is 1.82 bits per heavy atom. The zero-order valence-electron chi connectivity index (χ0n) is 20.3. The highest BCUT2D eigenvalue weighted by atomic mass is 32.2. The molecule has 0 aromatic heterocycles. The van der Waals surface area contributed by atoms with Crippen LogP contribution in [0.2, 0.25) is 0 Å². The van der Waals surface area contributed by atoms with E-state index in [0.29, 0.717) is 23.8 Å². The van der Waals surface area contributed by atoms with Gasteiger partial charge in [-0.05, 0) is 69.3 Å². The standard InChI is InChI=1S/C27H36N2O4S/c1-5-21-11-14-25(15-12-21)34(31,32)19-23-17-24(29(4)20(2)3)13-16-26(23)28-27(30)33-18-22-9-7-6-8-10-22/h5-12,14-15,20,23-24,26H,1,13,16-19H2,2-4H3,(H,28,30). The first-order valence-corrected chi connectivity index (χ1v) is 13.5. The maximum Gasteiger partial charge on any atom is 0.407 e. The quantitative estimate of drug-likeness (QED) is 0.547. The summed E-state index contributed by atoms with van der Waals surface area (Å²) in [6, 6.07) is 16.6. The smallest absolute Gasteiger partial charge is 0.407 e. The number of sulfone groups is 1.